The zero-order valence-electron chi connectivity index (χ0n) is 16.2. The van der Waals surface area contributed by atoms with Crippen LogP contribution in [0.5, 0.6) is 0 Å². The van der Waals surface area contributed by atoms with Gasteiger partial charge in [0, 0.05) is 5.56 Å². The van der Waals surface area contributed by atoms with Crippen LogP contribution in [0, 0.1) is 0 Å². The number of para-hydroxylation sites is 1. The Morgan fingerprint density at radius 1 is 1.00 bits per heavy atom. The molecule has 1 fully saturated rings. The molecule has 2 amide bonds. The first-order valence-electron chi connectivity index (χ1n) is 9.40. The van der Waals surface area contributed by atoms with Crippen LogP contribution in [0.2, 0.25) is 0 Å². The number of rotatable bonds is 5. The summed E-state index contributed by atoms with van der Waals surface area (Å²) in [4.78, 5) is 41.4. The highest BCUT2D eigenvalue weighted by atomic mass is 32.2. The summed E-state index contributed by atoms with van der Waals surface area (Å²) in [5.41, 5.74) is 2.74. The fourth-order valence-electron chi connectivity index (χ4n) is 3.44. The van der Waals surface area contributed by atoms with Gasteiger partial charge in [0.05, 0.1) is 29.3 Å². The monoisotopic (exact) mass is 438 g/mol. The van der Waals surface area contributed by atoms with E-state index in [1.165, 1.54) is 4.90 Å². The Hall–Kier alpha value is -2.97. The van der Waals surface area contributed by atoms with Gasteiger partial charge < -0.3 is 9.64 Å². The normalized spacial score (nSPS) is 18.2. The van der Waals surface area contributed by atoms with Crippen LogP contribution in [0.4, 0.5) is 5.69 Å². The SMILES string of the molecule is CCOC(=O)CN1C(=O)/C(=C2/C(=O)N(Cc3ccccc3)c3ccccc32)SC1=S. The molecule has 30 heavy (non-hydrogen) atoms. The lowest BCUT2D eigenvalue weighted by molar-refractivity contribution is -0.145. The van der Waals surface area contributed by atoms with Crippen LogP contribution >= 0.6 is 24.0 Å². The van der Waals surface area contributed by atoms with Crippen LogP contribution in [0.3, 0.4) is 0 Å². The summed E-state index contributed by atoms with van der Waals surface area (Å²) in [5, 5.41) is 0. The molecule has 0 N–H and O–H groups in total. The van der Waals surface area contributed by atoms with Crippen molar-refractivity contribution in [3.05, 3.63) is 70.6 Å². The van der Waals surface area contributed by atoms with E-state index in [-0.39, 0.29) is 28.3 Å². The average Bonchev–Trinajstić information content (AvgIpc) is 3.17. The number of amides is 2. The molecule has 152 valence electrons. The molecule has 6 nitrogen and oxygen atoms in total. The highest BCUT2D eigenvalue weighted by molar-refractivity contribution is 8.26. The molecule has 0 radical (unpaired) electrons. The van der Waals surface area contributed by atoms with E-state index in [0.717, 1.165) is 23.0 Å². The molecular formula is C22H18N2O4S2. The number of nitrogens with zero attached hydrogens (tertiary/aromatic N) is 2. The van der Waals surface area contributed by atoms with Crippen molar-refractivity contribution in [3.63, 3.8) is 0 Å². The van der Waals surface area contributed by atoms with Gasteiger partial charge in [-0.05, 0) is 18.6 Å². The summed E-state index contributed by atoms with van der Waals surface area (Å²) in [6, 6.07) is 17.0. The van der Waals surface area contributed by atoms with Gasteiger partial charge in [0.25, 0.3) is 11.8 Å². The van der Waals surface area contributed by atoms with Gasteiger partial charge in [-0.1, -0.05) is 72.5 Å². The van der Waals surface area contributed by atoms with Crippen molar-refractivity contribution in [3.8, 4) is 0 Å². The molecule has 0 saturated carbocycles. The number of thiocarbonyl (C=S) groups is 1. The Labute approximate surface area is 183 Å². The summed E-state index contributed by atoms with van der Waals surface area (Å²) in [5.74, 6) is -1.24. The van der Waals surface area contributed by atoms with Crippen LogP contribution in [-0.2, 0) is 25.7 Å². The summed E-state index contributed by atoms with van der Waals surface area (Å²) < 4.78 is 5.17. The van der Waals surface area contributed by atoms with E-state index in [0.29, 0.717) is 17.7 Å². The molecule has 2 aromatic rings. The fourth-order valence-corrected chi connectivity index (χ4v) is 4.77. The van der Waals surface area contributed by atoms with Gasteiger partial charge in [-0.3, -0.25) is 19.3 Å². The fraction of sp³-hybridized carbons (Fsp3) is 0.182. The molecule has 0 aliphatic carbocycles. The molecule has 2 aliphatic heterocycles. The highest BCUT2D eigenvalue weighted by Gasteiger charge is 2.42. The number of carbonyl (C=O) groups is 3. The second-order valence-electron chi connectivity index (χ2n) is 6.66. The van der Waals surface area contributed by atoms with E-state index in [9.17, 15) is 14.4 Å². The van der Waals surface area contributed by atoms with Gasteiger partial charge in [-0.2, -0.15) is 0 Å². The Balaban J connectivity index is 1.71. The van der Waals surface area contributed by atoms with Crippen molar-refractivity contribution >= 4 is 57.3 Å². The second kappa shape index (κ2) is 8.41. The number of fused-ring (bicyclic) bond motifs is 1. The molecule has 0 bridgehead atoms. The summed E-state index contributed by atoms with van der Waals surface area (Å²) in [6.07, 6.45) is 0. The van der Waals surface area contributed by atoms with Gasteiger partial charge in [0.1, 0.15) is 10.9 Å². The number of hydrogen-bond acceptors (Lipinski definition) is 6. The molecule has 0 aromatic heterocycles. The molecule has 1 saturated heterocycles. The molecule has 8 heteroatoms. The van der Waals surface area contributed by atoms with E-state index in [1.807, 2.05) is 54.6 Å². The van der Waals surface area contributed by atoms with Crippen LogP contribution < -0.4 is 4.90 Å². The maximum atomic E-state index is 13.4. The van der Waals surface area contributed by atoms with E-state index < -0.39 is 11.9 Å². The quantitative estimate of drug-likeness (QED) is 0.405. The van der Waals surface area contributed by atoms with Crippen molar-refractivity contribution < 1.29 is 19.1 Å². The van der Waals surface area contributed by atoms with Crippen molar-refractivity contribution in [2.24, 2.45) is 0 Å². The molecule has 0 atom stereocenters. The third kappa shape index (κ3) is 3.64. The van der Waals surface area contributed by atoms with Gasteiger partial charge in [-0.25, -0.2) is 0 Å². The lowest BCUT2D eigenvalue weighted by atomic mass is 10.1. The predicted molar refractivity (Wildman–Crippen MR) is 120 cm³/mol. The number of anilines is 1. The van der Waals surface area contributed by atoms with Crippen LogP contribution in [0.15, 0.2) is 59.5 Å². The number of benzene rings is 2. The maximum absolute atomic E-state index is 13.4. The zero-order chi connectivity index (χ0) is 21.3. The van der Waals surface area contributed by atoms with E-state index in [2.05, 4.69) is 0 Å². The molecule has 2 heterocycles. The molecule has 2 aliphatic rings. The highest BCUT2D eigenvalue weighted by Crippen LogP contribution is 2.44. The summed E-state index contributed by atoms with van der Waals surface area (Å²) >= 11 is 6.35. The number of thioether (sulfide) groups is 1. The van der Waals surface area contributed by atoms with Gasteiger partial charge in [-0.15, -0.1) is 0 Å². The van der Waals surface area contributed by atoms with Crippen molar-refractivity contribution in [1.82, 2.24) is 4.90 Å². The minimum Gasteiger partial charge on any atom is -0.465 e. The molecule has 0 unspecified atom stereocenters. The number of carbonyl (C=O) groups excluding carboxylic acids is 3. The van der Waals surface area contributed by atoms with Gasteiger partial charge in [0.2, 0.25) is 0 Å². The zero-order valence-corrected chi connectivity index (χ0v) is 17.8. The molecular weight excluding hydrogens is 420 g/mol. The summed E-state index contributed by atoms with van der Waals surface area (Å²) in [6.45, 7) is 2.04. The Morgan fingerprint density at radius 2 is 1.70 bits per heavy atom. The largest absolute Gasteiger partial charge is 0.465 e. The van der Waals surface area contributed by atoms with Crippen LogP contribution in [0.25, 0.3) is 5.57 Å². The Kier molecular flexibility index (Phi) is 5.69. The third-order valence-corrected chi connectivity index (χ3v) is 6.22. The summed E-state index contributed by atoms with van der Waals surface area (Å²) in [7, 11) is 0. The molecule has 2 aromatic carbocycles. The van der Waals surface area contributed by atoms with E-state index in [4.69, 9.17) is 17.0 Å². The first kappa shape index (κ1) is 20.3. The predicted octanol–water partition coefficient (Wildman–Crippen LogP) is 3.37. The molecule has 4 rings (SSSR count). The van der Waals surface area contributed by atoms with Gasteiger partial charge in [0.15, 0.2) is 0 Å². The van der Waals surface area contributed by atoms with E-state index in [1.54, 1.807) is 11.8 Å². The van der Waals surface area contributed by atoms with Crippen molar-refractivity contribution in [1.29, 1.82) is 0 Å². The van der Waals surface area contributed by atoms with Crippen molar-refractivity contribution in [2.75, 3.05) is 18.1 Å². The third-order valence-electron chi connectivity index (χ3n) is 4.78. The first-order chi connectivity index (χ1) is 14.5. The lowest BCUT2D eigenvalue weighted by Gasteiger charge is -2.17. The average molecular weight is 439 g/mol. The topological polar surface area (TPSA) is 66.9 Å². The standard InChI is InChI=1S/C22H18N2O4S2/c1-2-28-17(25)13-24-21(27)19(30-22(24)29)18-15-10-6-7-11-16(15)23(20(18)26)12-14-8-4-3-5-9-14/h3-11H,2,12-13H2,1H3/b19-18-. The minimum atomic E-state index is -0.538. The second-order valence-corrected chi connectivity index (χ2v) is 8.31. The Morgan fingerprint density at radius 3 is 2.43 bits per heavy atom. The van der Waals surface area contributed by atoms with Crippen LogP contribution in [0.1, 0.15) is 18.1 Å². The minimum absolute atomic E-state index is 0.217. The smallest absolute Gasteiger partial charge is 0.326 e. The Bertz CT molecular complexity index is 1080. The van der Waals surface area contributed by atoms with Gasteiger partial charge >= 0.3 is 5.97 Å². The maximum Gasteiger partial charge on any atom is 0.326 e. The van der Waals surface area contributed by atoms with E-state index >= 15 is 0 Å². The van der Waals surface area contributed by atoms with Crippen LogP contribution in [-0.4, -0.2) is 40.2 Å². The first-order valence-corrected chi connectivity index (χ1v) is 10.6. The molecule has 0 spiro atoms. The van der Waals surface area contributed by atoms with Crippen molar-refractivity contribution in [2.45, 2.75) is 13.5 Å². The number of esters is 1. The number of hydrogen-bond donors (Lipinski definition) is 0. The lowest BCUT2D eigenvalue weighted by Crippen LogP contribution is -2.34. The number of ether oxygens (including phenoxy) is 1.